The van der Waals surface area contributed by atoms with Gasteiger partial charge >= 0.3 is 0 Å². The molecule has 0 heterocycles. The maximum Gasteiger partial charge on any atom is 0.255 e. The van der Waals surface area contributed by atoms with E-state index >= 15 is 0 Å². The molecule has 1 fully saturated rings. The maximum atomic E-state index is 12.3. The van der Waals surface area contributed by atoms with E-state index in [4.69, 9.17) is 0 Å². The summed E-state index contributed by atoms with van der Waals surface area (Å²) in [5.74, 6) is -0.261. The average Bonchev–Trinajstić information content (AvgIpc) is 3.38. The second-order valence-electron chi connectivity index (χ2n) is 5.65. The van der Waals surface area contributed by atoms with Gasteiger partial charge in [-0.3, -0.25) is 9.52 Å². The predicted octanol–water partition coefficient (Wildman–Crippen LogP) is 2.99. The second kappa shape index (κ2) is 6.88. The Bertz CT molecular complexity index is 857. The van der Waals surface area contributed by atoms with Crippen LogP contribution in [0.4, 0.5) is 5.69 Å². The Morgan fingerprint density at radius 1 is 1.00 bits per heavy atom. The van der Waals surface area contributed by atoms with Crippen LogP contribution in [0.5, 0.6) is 0 Å². The van der Waals surface area contributed by atoms with Crippen LogP contribution in [0.1, 0.15) is 28.8 Å². The van der Waals surface area contributed by atoms with Crippen LogP contribution in [0.3, 0.4) is 0 Å². The molecule has 1 aliphatic carbocycles. The van der Waals surface area contributed by atoms with Crippen LogP contribution in [0.15, 0.2) is 60.0 Å². The first-order valence-electron chi connectivity index (χ1n) is 7.69. The Labute approximate surface area is 141 Å². The molecule has 0 aliphatic heterocycles. The first-order chi connectivity index (χ1) is 11.5. The highest BCUT2D eigenvalue weighted by atomic mass is 32.2. The van der Waals surface area contributed by atoms with Gasteiger partial charge in [-0.05, 0) is 36.6 Å². The standard InChI is InChI=1S/C18H18N2O3S/c21-18(19-15-10-11-15)16-8-4-5-9-17(16)20-24(22,23)13-12-14-6-2-1-3-7-14/h1-9,12-13,15,20H,10-11H2,(H,19,21)/b13-12+. The fourth-order valence-electron chi connectivity index (χ4n) is 2.18. The minimum Gasteiger partial charge on any atom is -0.349 e. The Hall–Kier alpha value is -2.60. The van der Waals surface area contributed by atoms with Crippen molar-refractivity contribution >= 4 is 27.7 Å². The Morgan fingerprint density at radius 3 is 2.38 bits per heavy atom. The monoisotopic (exact) mass is 342 g/mol. The van der Waals surface area contributed by atoms with Gasteiger partial charge in [0, 0.05) is 6.04 Å². The molecule has 6 heteroatoms. The van der Waals surface area contributed by atoms with Gasteiger partial charge in [-0.25, -0.2) is 8.42 Å². The third-order valence-electron chi connectivity index (χ3n) is 3.58. The maximum absolute atomic E-state index is 12.3. The van der Waals surface area contributed by atoms with Gasteiger partial charge in [0.15, 0.2) is 0 Å². The zero-order chi connectivity index (χ0) is 17.0. The first kappa shape index (κ1) is 16.3. The van der Waals surface area contributed by atoms with Gasteiger partial charge in [-0.15, -0.1) is 0 Å². The summed E-state index contributed by atoms with van der Waals surface area (Å²) in [5.41, 5.74) is 1.37. The van der Waals surface area contributed by atoms with E-state index in [9.17, 15) is 13.2 Å². The summed E-state index contributed by atoms with van der Waals surface area (Å²) >= 11 is 0. The number of anilines is 1. The number of hydrogen-bond donors (Lipinski definition) is 2. The molecule has 0 unspecified atom stereocenters. The molecular formula is C18H18N2O3S. The Morgan fingerprint density at radius 2 is 1.67 bits per heavy atom. The van der Waals surface area contributed by atoms with Crippen LogP contribution in [0.25, 0.3) is 6.08 Å². The van der Waals surface area contributed by atoms with Gasteiger partial charge in [0.05, 0.1) is 16.7 Å². The van der Waals surface area contributed by atoms with Crippen molar-refractivity contribution in [1.29, 1.82) is 0 Å². The number of nitrogens with one attached hydrogen (secondary N) is 2. The zero-order valence-corrected chi connectivity index (χ0v) is 13.8. The van der Waals surface area contributed by atoms with E-state index in [0.29, 0.717) is 5.56 Å². The minimum absolute atomic E-state index is 0.208. The molecular weight excluding hydrogens is 324 g/mol. The van der Waals surface area contributed by atoms with Crippen molar-refractivity contribution in [2.24, 2.45) is 0 Å². The van der Waals surface area contributed by atoms with Crippen molar-refractivity contribution in [3.63, 3.8) is 0 Å². The number of sulfonamides is 1. The lowest BCUT2D eigenvalue weighted by atomic mass is 10.1. The summed E-state index contributed by atoms with van der Waals surface area (Å²) < 4.78 is 27.0. The smallest absolute Gasteiger partial charge is 0.255 e. The van der Waals surface area contributed by atoms with E-state index in [1.165, 1.54) is 6.08 Å². The average molecular weight is 342 g/mol. The van der Waals surface area contributed by atoms with Crippen molar-refractivity contribution in [2.75, 3.05) is 4.72 Å². The van der Waals surface area contributed by atoms with E-state index in [1.54, 1.807) is 24.3 Å². The molecule has 124 valence electrons. The zero-order valence-electron chi connectivity index (χ0n) is 13.0. The van der Waals surface area contributed by atoms with Crippen molar-refractivity contribution in [2.45, 2.75) is 18.9 Å². The topological polar surface area (TPSA) is 75.3 Å². The number of amides is 1. The van der Waals surface area contributed by atoms with E-state index < -0.39 is 10.0 Å². The fourth-order valence-corrected chi connectivity index (χ4v) is 3.07. The molecule has 2 aromatic carbocycles. The number of hydrogen-bond acceptors (Lipinski definition) is 3. The van der Waals surface area contributed by atoms with Gasteiger partial charge in [-0.2, -0.15) is 0 Å². The Kier molecular flexibility index (Phi) is 4.66. The van der Waals surface area contributed by atoms with Crippen LogP contribution in [0, 0.1) is 0 Å². The number of benzene rings is 2. The molecule has 0 aromatic heterocycles. The van der Waals surface area contributed by atoms with E-state index in [0.717, 1.165) is 23.8 Å². The van der Waals surface area contributed by atoms with Gasteiger partial charge in [0.2, 0.25) is 0 Å². The minimum atomic E-state index is -3.71. The third-order valence-corrected chi connectivity index (χ3v) is 4.57. The largest absolute Gasteiger partial charge is 0.349 e. The van der Waals surface area contributed by atoms with Crippen molar-refractivity contribution in [3.05, 3.63) is 71.1 Å². The predicted molar refractivity (Wildman–Crippen MR) is 94.9 cm³/mol. The van der Waals surface area contributed by atoms with Crippen LogP contribution in [0.2, 0.25) is 0 Å². The number of carbonyl (C=O) groups is 1. The SMILES string of the molecule is O=C(NC1CC1)c1ccccc1NS(=O)(=O)/C=C/c1ccccc1. The molecule has 2 aromatic rings. The molecule has 0 radical (unpaired) electrons. The quantitative estimate of drug-likeness (QED) is 0.847. The highest BCUT2D eigenvalue weighted by Gasteiger charge is 2.25. The second-order valence-corrected chi connectivity index (χ2v) is 7.22. The molecule has 24 heavy (non-hydrogen) atoms. The molecule has 5 nitrogen and oxygen atoms in total. The molecule has 1 aliphatic rings. The van der Waals surface area contributed by atoms with Crippen LogP contribution >= 0.6 is 0 Å². The molecule has 0 bridgehead atoms. The molecule has 0 spiro atoms. The summed E-state index contributed by atoms with van der Waals surface area (Å²) in [6, 6.07) is 15.9. The van der Waals surface area contributed by atoms with E-state index in [2.05, 4.69) is 10.0 Å². The number of rotatable bonds is 6. The van der Waals surface area contributed by atoms with Gasteiger partial charge in [0.25, 0.3) is 15.9 Å². The van der Waals surface area contributed by atoms with Crippen molar-refractivity contribution in [1.82, 2.24) is 5.32 Å². The third kappa shape index (κ3) is 4.45. The lowest BCUT2D eigenvalue weighted by molar-refractivity contribution is 0.0952. The van der Waals surface area contributed by atoms with Gasteiger partial charge in [0.1, 0.15) is 0 Å². The van der Waals surface area contributed by atoms with Crippen LogP contribution in [-0.2, 0) is 10.0 Å². The number of carbonyl (C=O) groups excluding carboxylic acids is 1. The summed E-state index contributed by atoms with van der Waals surface area (Å²) in [4.78, 5) is 12.2. The normalized spacial score (nSPS) is 14.5. The lowest BCUT2D eigenvalue weighted by Gasteiger charge is -2.10. The highest BCUT2D eigenvalue weighted by molar-refractivity contribution is 7.95. The lowest BCUT2D eigenvalue weighted by Crippen LogP contribution is -2.26. The summed E-state index contributed by atoms with van der Waals surface area (Å²) in [5, 5.41) is 3.96. The molecule has 3 rings (SSSR count). The van der Waals surface area contributed by atoms with Gasteiger partial charge < -0.3 is 5.32 Å². The number of para-hydroxylation sites is 1. The molecule has 0 atom stereocenters. The van der Waals surface area contributed by atoms with Crippen molar-refractivity contribution < 1.29 is 13.2 Å². The van der Waals surface area contributed by atoms with Crippen LogP contribution in [-0.4, -0.2) is 20.4 Å². The molecule has 1 amide bonds. The fraction of sp³-hybridized carbons (Fsp3) is 0.167. The summed E-state index contributed by atoms with van der Waals surface area (Å²) in [6.07, 6.45) is 3.45. The van der Waals surface area contributed by atoms with Crippen LogP contribution < -0.4 is 10.0 Å². The first-order valence-corrected chi connectivity index (χ1v) is 9.24. The van der Waals surface area contributed by atoms with Gasteiger partial charge in [-0.1, -0.05) is 42.5 Å². The molecule has 0 saturated heterocycles. The highest BCUT2D eigenvalue weighted by Crippen LogP contribution is 2.22. The van der Waals surface area contributed by atoms with E-state index in [-0.39, 0.29) is 17.6 Å². The van der Waals surface area contributed by atoms with Crippen molar-refractivity contribution in [3.8, 4) is 0 Å². The molecule has 2 N–H and O–H groups in total. The van der Waals surface area contributed by atoms with E-state index in [1.807, 2.05) is 30.3 Å². The summed E-state index contributed by atoms with van der Waals surface area (Å²) in [6.45, 7) is 0. The molecule has 1 saturated carbocycles. The Balaban J connectivity index is 1.77. The summed E-state index contributed by atoms with van der Waals surface area (Å²) in [7, 11) is -3.71.